The predicted molar refractivity (Wildman–Crippen MR) is 57.2 cm³/mol. The highest BCUT2D eigenvalue weighted by Crippen LogP contribution is 2.36. The van der Waals surface area contributed by atoms with Gasteiger partial charge in [0, 0.05) is 11.6 Å². The molecule has 0 saturated carbocycles. The number of hydrogen-bond acceptors (Lipinski definition) is 3. The van der Waals surface area contributed by atoms with Gasteiger partial charge in [-0.25, -0.2) is 9.97 Å². The molecule has 2 aromatic rings. The van der Waals surface area contributed by atoms with Gasteiger partial charge in [-0.1, -0.05) is 18.2 Å². The monoisotopic (exact) mass is 249 g/mol. The van der Waals surface area contributed by atoms with Gasteiger partial charge in [0.2, 0.25) is 0 Å². The van der Waals surface area contributed by atoms with Crippen LogP contribution in [0.15, 0.2) is 36.7 Å². The van der Waals surface area contributed by atoms with Gasteiger partial charge in [0.25, 0.3) is 0 Å². The van der Waals surface area contributed by atoms with Crippen molar-refractivity contribution in [1.29, 1.82) is 5.26 Å². The molecule has 0 bridgehead atoms. The quantitative estimate of drug-likeness (QED) is 0.780. The Morgan fingerprint density at radius 1 is 1.11 bits per heavy atom. The molecular formula is C12H6F3N3. The number of nitrogens with zero attached hydrogens (tertiary/aromatic N) is 3. The van der Waals surface area contributed by atoms with Gasteiger partial charge in [0.15, 0.2) is 0 Å². The zero-order valence-corrected chi connectivity index (χ0v) is 8.94. The summed E-state index contributed by atoms with van der Waals surface area (Å²) in [6.45, 7) is 0. The van der Waals surface area contributed by atoms with E-state index >= 15 is 0 Å². The van der Waals surface area contributed by atoms with Crippen LogP contribution in [0.3, 0.4) is 0 Å². The van der Waals surface area contributed by atoms with E-state index < -0.39 is 11.7 Å². The Bertz CT molecular complexity index is 614. The van der Waals surface area contributed by atoms with E-state index in [0.29, 0.717) is 0 Å². The van der Waals surface area contributed by atoms with E-state index in [1.54, 1.807) is 6.07 Å². The van der Waals surface area contributed by atoms with Crippen molar-refractivity contribution in [1.82, 2.24) is 9.97 Å². The lowest BCUT2D eigenvalue weighted by atomic mass is 10.0. The lowest BCUT2D eigenvalue weighted by Gasteiger charge is -2.11. The van der Waals surface area contributed by atoms with E-state index in [-0.39, 0.29) is 17.0 Å². The molecular weight excluding hydrogens is 243 g/mol. The number of hydrogen-bond donors (Lipinski definition) is 0. The molecule has 0 N–H and O–H groups in total. The van der Waals surface area contributed by atoms with E-state index in [1.165, 1.54) is 24.3 Å². The average molecular weight is 249 g/mol. The van der Waals surface area contributed by atoms with E-state index in [9.17, 15) is 13.2 Å². The predicted octanol–water partition coefficient (Wildman–Crippen LogP) is 3.03. The Balaban J connectivity index is 2.61. The first-order valence-corrected chi connectivity index (χ1v) is 4.91. The Kier molecular flexibility index (Phi) is 2.98. The summed E-state index contributed by atoms with van der Waals surface area (Å²) in [6.07, 6.45) is -3.39. The number of rotatable bonds is 1. The van der Waals surface area contributed by atoms with Crippen molar-refractivity contribution in [3.63, 3.8) is 0 Å². The van der Waals surface area contributed by atoms with Gasteiger partial charge in [-0.15, -0.1) is 0 Å². The van der Waals surface area contributed by atoms with Crippen LogP contribution in [0.5, 0.6) is 0 Å². The van der Waals surface area contributed by atoms with Gasteiger partial charge in [0.05, 0.1) is 11.3 Å². The fraction of sp³-hybridized carbons (Fsp3) is 0.0833. The smallest absolute Gasteiger partial charge is 0.236 e. The summed E-state index contributed by atoms with van der Waals surface area (Å²) in [5.74, 6) is 0. The standard InChI is InChI=1S/C12H6F3N3/c13-12(14,15)10-4-2-1-3-9(10)11-5-8(6-16)17-7-18-11/h1-5,7H. The van der Waals surface area contributed by atoms with Crippen LogP contribution in [0.2, 0.25) is 0 Å². The normalized spacial score (nSPS) is 11.0. The summed E-state index contributed by atoms with van der Waals surface area (Å²) in [5, 5.41) is 8.68. The largest absolute Gasteiger partial charge is 0.417 e. The van der Waals surface area contributed by atoms with E-state index in [1.807, 2.05) is 0 Å². The Morgan fingerprint density at radius 2 is 1.83 bits per heavy atom. The van der Waals surface area contributed by atoms with Crippen molar-refractivity contribution in [2.75, 3.05) is 0 Å². The number of halogens is 3. The molecule has 0 aliphatic carbocycles. The minimum absolute atomic E-state index is 0.0250. The summed E-state index contributed by atoms with van der Waals surface area (Å²) in [5.41, 5.74) is -0.747. The lowest BCUT2D eigenvalue weighted by molar-refractivity contribution is -0.137. The summed E-state index contributed by atoms with van der Waals surface area (Å²) in [6, 6.07) is 8.07. The molecule has 0 aliphatic heterocycles. The molecule has 0 spiro atoms. The van der Waals surface area contributed by atoms with Crippen LogP contribution in [0, 0.1) is 11.3 Å². The molecule has 18 heavy (non-hydrogen) atoms. The minimum Gasteiger partial charge on any atom is -0.236 e. The second-order valence-corrected chi connectivity index (χ2v) is 3.44. The molecule has 1 heterocycles. The van der Waals surface area contributed by atoms with Gasteiger partial charge in [-0.05, 0) is 6.07 Å². The molecule has 0 saturated heterocycles. The molecule has 1 aromatic carbocycles. The lowest BCUT2D eigenvalue weighted by Crippen LogP contribution is -2.07. The Morgan fingerprint density at radius 3 is 2.50 bits per heavy atom. The molecule has 1 aromatic heterocycles. The van der Waals surface area contributed by atoms with Crippen LogP contribution in [0.1, 0.15) is 11.3 Å². The fourth-order valence-electron chi connectivity index (χ4n) is 1.52. The van der Waals surface area contributed by atoms with Gasteiger partial charge >= 0.3 is 6.18 Å². The first-order chi connectivity index (χ1) is 8.52. The minimum atomic E-state index is -4.46. The second-order valence-electron chi connectivity index (χ2n) is 3.44. The molecule has 0 atom stereocenters. The van der Waals surface area contributed by atoms with E-state index in [2.05, 4.69) is 9.97 Å². The van der Waals surface area contributed by atoms with E-state index in [0.717, 1.165) is 12.4 Å². The molecule has 3 nitrogen and oxygen atoms in total. The maximum absolute atomic E-state index is 12.8. The van der Waals surface area contributed by atoms with Crippen molar-refractivity contribution in [3.8, 4) is 17.3 Å². The first-order valence-electron chi connectivity index (χ1n) is 4.91. The van der Waals surface area contributed by atoms with Gasteiger partial charge in [-0.2, -0.15) is 18.4 Å². The number of aromatic nitrogens is 2. The zero-order chi connectivity index (χ0) is 13.2. The number of benzene rings is 1. The molecule has 0 aliphatic rings. The third kappa shape index (κ3) is 2.30. The van der Waals surface area contributed by atoms with Crippen LogP contribution in [0.4, 0.5) is 13.2 Å². The Hall–Kier alpha value is -2.42. The highest BCUT2D eigenvalue weighted by atomic mass is 19.4. The average Bonchev–Trinajstić information content (AvgIpc) is 2.38. The topological polar surface area (TPSA) is 49.6 Å². The van der Waals surface area contributed by atoms with Crippen molar-refractivity contribution < 1.29 is 13.2 Å². The second kappa shape index (κ2) is 4.45. The number of nitriles is 1. The third-order valence-electron chi connectivity index (χ3n) is 2.29. The highest BCUT2D eigenvalue weighted by molar-refractivity contribution is 5.65. The third-order valence-corrected chi connectivity index (χ3v) is 2.29. The van der Waals surface area contributed by atoms with Crippen LogP contribution < -0.4 is 0 Å². The molecule has 0 fully saturated rings. The first kappa shape index (κ1) is 12.0. The fourth-order valence-corrected chi connectivity index (χ4v) is 1.52. The van der Waals surface area contributed by atoms with Crippen molar-refractivity contribution in [2.45, 2.75) is 6.18 Å². The SMILES string of the molecule is N#Cc1cc(-c2ccccc2C(F)(F)F)ncn1. The van der Waals surface area contributed by atoms with Crippen LogP contribution in [-0.4, -0.2) is 9.97 Å². The van der Waals surface area contributed by atoms with Gasteiger partial charge in [0.1, 0.15) is 18.1 Å². The van der Waals surface area contributed by atoms with Crippen molar-refractivity contribution in [2.24, 2.45) is 0 Å². The highest BCUT2D eigenvalue weighted by Gasteiger charge is 2.33. The molecule has 2 rings (SSSR count). The van der Waals surface area contributed by atoms with Crippen molar-refractivity contribution in [3.05, 3.63) is 47.9 Å². The summed E-state index contributed by atoms with van der Waals surface area (Å²) >= 11 is 0. The molecule has 0 unspecified atom stereocenters. The van der Waals surface area contributed by atoms with Crippen LogP contribution in [-0.2, 0) is 6.18 Å². The maximum Gasteiger partial charge on any atom is 0.417 e. The van der Waals surface area contributed by atoms with E-state index in [4.69, 9.17) is 5.26 Å². The zero-order valence-electron chi connectivity index (χ0n) is 8.94. The molecule has 6 heteroatoms. The Labute approximate surface area is 101 Å². The summed E-state index contributed by atoms with van der Waals surface area (Å²) in [4.78, 5) is 7.39. The van der Waals surface area contributed by atoms with Crippen molar-refractivity contribution >= 4 is 0 Å². The van der Waals surface area contributed by atoms with Gasteiger partial charge in [-0.3, -0.25) is 0 Å². The van der Waals surface area contributed by atoms with Crippen LogP contribution >= 0.6 is 0 Å². The molecule has 90 valence electrons. The molecule has 0 radical (unpaired) electrons. The molecule has 0 amide bonds. The maximum atomic E-state index is 12.8. The van der Waals surface area contributed by atoms with Gasteiger partial charge < -0.3 is 0 Å². The summed E-state index contributed by atoms with van der Waals surface area (Å²) in [7, 11) is 0. The number of alkyl halides is 3. The van der Waals surface area contributed by atoms with Crippen LogP contribution in [0.25, 0.3) is 11.3 Å². The summed E-state index contributed by atoms with van der Waals surface area (Å²) < 4.78 is 38.4.